The van der Waals surface area contributed by atoms with Gasteiger partial charge < -0.3 is 14.8 Å². The fourth-order valence-electron chi connectivity index (χ4n) is 2.00. The van der Waals surface area contributed by atoms with Crippen LogP contribution in [0.5, 0.6) is 0 Å². The van der Waals surface area contributed by atoms with Crippen molar-refractivity contribution in [2.24, 2.45) is 10.9 Å². The summed E-state index contributed by atoms with van der Waals surface area (Å²) in [6.07, 6.45) is -0.348. The molecule has 0 radical (unpaired) electrons. The van der Waals surface area contributed by atoms with E-state index in [0.717, 1.165) is 19.5 Å². The van der Waals surface area contributed by atoms with Gasteiger partial charge in [0.15, 0.2) is 0 Å². The molecule has 0 aliphatic carbocycles. The average Bonchev–Trinajstić information content (AvgIpc) is 2.83. The Morgan fingerprint density at radius 3 is 1.92 bits per heavy atom. The van der Waals surface area contributed by atoms with Crippen LogP contribution in [0.1, 0.15) is 48.0 Å². The molecule has 3 N–H and O–H groups in total. The molecule has 1 aliphatic rings. The SMILES string of the molecule is CC(C)(C)OC(=O)NC(=NC[C@H]1CCNC1)NC(=O)OC(C)(C)C. The van der Waals surface area contributed by atoms with Gasteiger partial charge >= 0.3 is 12.2 Å². The molecule has 1 aliphatic heterocycles. The molecule has 0 saturated carbocycles. The van der Waals surface area contributed by atoms with Gasteiger partial charge in [0.1, 0.15) is 11.2 Å². The van der Waals surface area contributed by atoms with Crippen LogP contribution in [0.25, 0.3) is 0 Å². The zero-order valence-electron chi connectivity index (χ0n) is 15.5. The van der Waals surface area contributed by atoms with Gasteiger partial charge in [-0.3, -0.25) is 15.6 Å². The predicted molar refractivity (Wildman–Crippen MR) is 92.0 cm³/mol. The number of alkyl carbamates (subject to hydrolysis) is 2. The molecule has 8 heteroatoms. The lowest BCUT2D eigenvalue weighted by Gasteiger charge is -2.22. The molecular formula is C16H30N4O4. The number of ether oxygens (including phenoxy) is 2. The van der Waals surface area contributed by atoms with E-state index in [-0.39, 0.29) is 5.96 Å². The summed E-state index contributed by atoms with van der Waals surface area (Å²) < 4.78 is 10.4. The smallest absolute Gasteiger partial charge is 0.414 e. The van der Waals surface area contributed by atoms with Crippen LogP contribution in [0.4, 0.5) is 9.59 Å². The maximum Gasteiger partial charge on any atom is 0.414 e. The van der Waals surface area contributed by atoms with Crippen LogP contribution in [0, 0.1) is 5.92 Å². The molecule has 138 valence electrons. The third kappa shape index (κ3) is 9.34. The van der Waals surface area contributed by atoms with Crippen LogP contribution >= 0.6 is 0 Å². The van der Waals surface area contributed by atoms with Crippen molar-refractivity contribution in [1.29, 1.82) is 0 Å². The molecule has 0 aromatic heterocycles. The summed E-state index contributed by atoms with van der Waals surface area (Å²) in [4.78, 5) is 28.1. The highest BCUT2D eigenvalue weighted by Gasteiger charge is 2.22. The normalized spacial score (nSPS) is 17.8. The lowest BCUT2D eigenvalue weighted by Crippen LogP contribution is -2.47. The van der Waals surface area contributed by atoms with E-state index >= 15 is 0 Å². The van der Waals surface area contributed by atoms with Crippen molar-refractivity contribution in [1.82, 2.24) is 16.0 Å². The van der Waals surface area contributed by atoms with Crippen LogP contribution < -0.4 is 16.0 Å². The van der Waals surface area contributed by atoms with Gasteiger partial charge in [0, 0.05) is 6.54 Å². The van der Waals surface area contributed by atoms with Crippen LogP contribution in [-0.2, 0) is 9.47 Å². The molecule has 0 spiro atoms. The van der Waals surface area contributed by atoms with Gasteiger partial charge in [-0.1, -0.05) is 0 Å². The van der Waals surface area contributed by atoms with Crippen molar-refractivity contribution in [2.45, 2.75) is 59.2 Å². The van der Waals surface area contributed by atoms with E-state index in [1.165, 1.54) is 0 Å². The van der Waals surface area contributed by atoms with Gasteiger partial charge in [-0.2, -0.15) is 0 Å². The van der Waals surface area contributed by atoms with Crippen molar-refractivity contribution >= 4 is 18.1 Å². The van der Waals surface area contributed by atoms with Gasteiger partial charge in [-0.15, -0.1) is 0 Å². The molecule has 1 atom stereocenters. The lowest BCUT2D eigenvalue weighted by atomic mass is 10.1. The third-order valence-electron chi connectivity index (χ3n) is 2.91. The number of amides is 2. The van der Waals surface area contributed by atoms with Crippen LogP contribution in [-0.4, -0.2) is 49.0 Å². The summed E-state index contributed by atoms with van der Waals surface area (Å²) in [5.74, 6) is 0.409. The second kappa shape index (κ2) is 8.32. The van der Waals surface area contributed by atoms with Gasteiger partial charge in [0.2, 0.25) is 5.96 Å². The van der Waals surface area contributed by atoms with Gasteiger partial charge in [-0.05, 0) is 67.0 Å². The van der Waals surface area contributed by atoms with Gasteiger partial charge in [0.25, 0.3) is 0 Å². The summed E-state index contributed by atoms with van der Waals surface area (Å²) in [6, 6.07) is 0. The number of guanidine groups is 1. The van der Waals surface area contributed by atoms with Crippen molar-refractivity contribution in [3.05, 3.63) is 0 Å². The first kappa shape index (κ1) is 20.2. The Morgan fingerprint density at radius 2 is 1.54 bits per heavy atom. The third-order valence-corrected chi connectivity index (χ3v) is 2.91. The summed E-state index contributed by atoms with van der Waals surface area (Å²) in [5.41, 5.74) is -1.28. The standard InChI is InChI=1S/C16H30N4O4/c1-15(2,3)23-13(21)19-12(18-10-11-7-8-17-9-11)20-14(22)24-16(4,5)6/h11,17H,7-10H2,1-6H3,(H2,18,19,20,21,22)/t11-/m0/s1. The van der Waals surface area contributed by atoms with E-state index in [9.17, 15) is 9.59 Å². The van der Waals surface area contributed by atoms with Gasteiger partial charge in [0.05, 0.1) is 0 Å². The highest BCUT2D eigenvalue weighted by Crippen LogP contribution is 2.09. The Kier molecular flexibility index (Phi) is 7.01. The van der Waals surface area contributed by atoms with Crippen molar-refractivity contribution in [2.75, 3.05) is 19.6 Å². The molecule has 1 rings (SSSR count). The maximum absolute atomic E-state index is 11.9. The number of carbonyl (C=O) groups excluding carboxylic acids is 2. The first-order valence-corrected chi connectivity index (χ1v) is 8.20. The topological polar surface area (TPSA) is 101 Å². The molecule has 8 nitrogen and oxygen atoms in total. The van der Waals surface area contributed by atoms with Gasteiger partial charge in [-0.25, -0.2) is 9.59 Å². The molecule has 24 heavy (non-hydrogen) atoms. The Morgan fingerprint density at radius 1 is 1.04 bits per heavy atom. The van der Waals surface area contributed by atoms with Crippen LogP contribution in [0.2, 0.25) is 0 Å². The second-order valence-corrected chi connectivity index (χ2v) is 7.80. The Labute approximate surface area is 143 Å². The number of nitrogens with one attached hydrogen (secondary N) is 3. The second-order valence-electron chi connectivity index (χ2n) is 7.80. The predicted octanol–water partition coefficient (Wildman–Crippen LogP) is 2.00. The Bertz CT molecular complexity index is 439. The quantitative estimate of drug-likeness (QED) is 0.526. The molecule has 1 saturated heterocycles. The minimum Gasteiger partial charge on any atom is -0.444 e. The van der Waals surface area contributed by atoms with E-state index in [0.29, 0.717) is 12.5 Å². The lowest BCUT2D eigenvalue weighted by molar-refractivity contribution is 0.0545. The molecule has 1 fully saturated rings. The van der Waals surface area contributed by atoms with E-state index in [4.69, 9.17) is 9.47 Å². The number of carbonyl (C=O) groups is 2. The van der Waals surface area contributed by atoms with E-state index < -0.39 is 23.4 Å². The molecule has 0 aromatic carbocycles. The number of nitrogens with zero attached hydrogens (tertiary/aromatic N) is 1. The number of hydrogen-bond acceptors (Lipinski definition) is 6. The highest BCUT2D eigenvalue weighted by molar-refractivity contribution is 6.01. The van der Waals surface area contributed by atoms with Crippen LogP contribution in [0.3, 0.4) is 0 Å². The maximum atomic E-state index is 11.9. The van der Waals surface area contributed by atoms with E-state index in [2.05, 4.69) is 20.9 Å². The summed E-state index contributed by atoms with van der Waals surface area (Å²) in [5, 5.41) is 8.19. The molecule has 1 heterocycles. The number of aliphatic imine (C=N–C) groups is 1. The summed E-state index contributed by atoms with van der Waals surface area (Å²) in [6.45, 7) is 12.9. The largest absolute Gasteiger partial charge is 0.444 e. The monoisotopic (exact) mass is 342 g/mol. The highest BCUT2D eigenvalue weighted by atomic mass is 16.6. The average molecular weight is 342 g/mol. The minimum atomic E-state index is -0.679. The fraction of sp³-hybridized carbons (Fsp3) is 0.812. The summed E-state index contributed by atoms with van der Waals surface area (Å²) in [7, 11) is 0. The van der Waals surface area contributed by atoms with Crippen molar-refractivity contribution < 1.29 is 19.1 Å². The molecule has 0 aromatic rings. The summed E-state index contributed by atoms with van der Waals surface area (Å²) >= 11 is 0. The van der Waals surface area contributed by atoms with E-state index in [1.807, 2.05) is 0 Å². The van der Waals surface area contributed by atoms with E-state index in [1.54, 1.807) is 41.5 Å². The molecular weight excluding hydrogens is 312 g/mol. The number of rotatable bonds is 2. The molecule has 0 bridgehead atoms. The molecule has 0 unspecified atom stereocenters. The Hall–Kier alpha value is -1.83. The first-order chi connectivity index (χ1) is 10.9. The zero-order chi connectivity index (χ0) is 18.4. The van der Waals surface area contributed by atoms with Crippen LogP contribution in [0.15, 0.2) is 4.99 Å². The fourth-order valence-corrected chi connectivity index (χ4v) is 2.00. The van der Waals surface area contributed by atoms with Crippen molar-refractivity contribution in [3.63, 3.8) is 0 Å². The van der Waals surface area contributed by atoms with Crippen molar-refractivity contribution in [3.8, 4) is 0 Å². The number of hydrogen-bond donors (Lipinski definition) is 3. The Balaban J connectivity index is 2.68. The molecule has 2 amide bonds. The first-order valence-electron chi connectivity index (χ1n) is 8.20. The minimum absolute atomic E-state index is 0.0328. The zero-order valence-corrected chi connectivity index (χ0v) is 15.5.